The van der Waals surface area contributed by atoms with Gasteiger partial charge in [-0.05, 0) is 27.2 Å². The predicted octanol–water partition coefficient (Wildman–Crippen LogP) is 0.511. The van der Waals surface area contributed by atoms with E-state index < -0.39 is 5.54 Å². The van der Waals surface area contributed by atoms with Gasteiger partial charge in [-0.25, -0.2) is 0 Å². The summed E-state index contributed by atoms with van der Waals surface area (Å²) in [6.07, 6.45) is 0.819. The van der Waals surface area contributed by atoms with Crippen LogP contribution in [0.1, 0.15) is 27.2 Å². The van der Waals surface area contributed by atoms with Gasteiger partial charge in [-0.1, -0.05) is 0 Å². The first-order valence-electron chi connectivity index (χ1n) is 4.03. The molecule has 0 bridgehead atoms. The van der Waals surface area contributed by atoms with Gasteiger partial charge < -0.3 is 15.6 Å². The molecule has 2 unspecified atom stereocenters. The highest BCUT2D eigenvalue weighted by Crippen LogP contribution is 2.10. The first-order valence-corrected chi connectivity index (χ1v) is 4.03. The van der Waals surface area contributed by atoms with Gasteiger partial charge >= 0.3 is 0 Å². The molecule has 0 rings (SSSR count). The quantitative estimate of drug-likeness (QED) is 0.617. The molecule has 0 aliphatic rings. The first kappa shape index (κ1) is 10.9. The van der Waals surface area contributed by atoms with Crippen molar-refractivity contribution in [3.8, 4) is 0 Å². The van der Waals surface area contributed by atoms with Crippen molar-refractivity contribution in [3.05, 3.63) is 0 Å². The van der Waals surface area contributed by atoms with E-state index in [4.69, 9.17) is 15.6 Å². The van der Waals surface area contributed by atoms with E-state index in [1.54, 1.807) is 0 Å². The minimum atomic E-state index is -0.505. The van der Waals surface area contributed by atoms with Crippen molar-refractivity contribution in [2.75, 3.05) is 13.2 Å². The summed E-state index contributed by atoms with van der Waals surface area (Å²) in [4.78, 5) is 0. The molecule has 0 radical (unpaired) electrons. The Labute approximate surface area is 68.5 Å². The Morgan fingerprint density at radius 1 is 1.64 bits per heavy atom. The molecule has 0 spiro atoms. The predicted molar refractivity (Wildman–Crippen MR) is 45.4 cm³/mol. The van der Waals surface area contributed by atoms with Crippen LogP contribution in [0.5, 0.6) is 0 Å². The smallest absolute Gasteiger partial charge is 0.0609 e. The van der Waals surface area contributed by atoms with Crippen molar-refractivity contribution in [2.24, 2.45) is 5.73 Å². The third-order valence-corrected chi connectivity index (χ3v) is 1.57. The number of nitrogens with two attached hydrogens (primary N) is 1. The molecule has 0 fully saturated rings. The average Bonchev–Trinajstić information content (AvgIpc) is 1.87. The maximum absolute atomic E-state index is 8.83. The molecule has 0 aliphatic carbocycles. The zero-order valence-electron chi connectivity index (χ0n) is 7.63. The number of aliphatic hydroxyl groups is 1. The molecule has 0 aromatic rings. The van der Waals surface area contributed by atoms with Crippen molar-refractivity contribution in [3.63, 3.8) is 0 Å². The van der Waals surface area contributed by atoms with E-state index in [0.717, 1.165) is 0 Å². The lowest BCUT2D eigenvalue weighted by Crippen LogP contribution is -2.43. The topological polar surface area (TPSA) is 55.5 Å². The van der Waals surface area contributed by atoms with Gasteiger partial charge in [-0.2, -0.15) is 0 Å². The van der Waals surface area contributed by atoms with Crippen LogP contribution in [-0.2, 0) is 4.74 Å². The van der Waals surface area contributed by atoms with Crippen molar-refractivity contribution in [2.45, 2.75) is 38.8 Å². The number of hydrogen-bond acceptors (Lipinski definition) is 3. The van der Waals surface area contributed by atoms with Crippen molar-refractivity contribution >= 4 is 0 Å². The molecule has 0 aliphatic heterocycles. The summed E-state index contributed by atoms with van der Waals surface area (Å²) in [5.41, 5.74) is 5.21. The Hall–Kier alpha value is -0.120. The van der Waals surface area contributed by atoms with Gasteiger partial charge in [-0.3, -0.25) is 0 Å². The summed E-state index contributed by atoms with van der Waals surface area (Å²) in [5.74, 6) is 0. The summed E-state index contributed by atoms with van der Waals surface area (Å²) < 4.78 is 5.29. The molecule has 0 amide bonds. The lowest BCUT2D eigenvalue weighted by Gasteiger charge is -2.25. The molecule has 0 saturated carbocycles. The highest BCUT2D eigenvalue weighted by molar-refractivity contribution is 4.79. The summed E-state index contributed by atoms with van der Waals surface area (Å²) in [6, 6.07) is 0. The average molecular weight is 161 g/mol. The lowest BCUT2D eigenvalue weighted by atomic mass is 9.97. The minimum absolute atomic E-state index is 0.00438. The standard InChI is InChI=1S/C8H19NO2/c1-4-11-7(2)5-8(3,9)6-10/h7,10H,4-6,9H2,1-3H3. The zero-order valence-corrected chi connectivity index (χ0v) is 7.63. The fourth-order valence-corrected chi connectivity index (χ4v) is 1.06. The van der Waals surface area contributed by atoms with Crippen LogP contribution in [0, 0.1) is 0 Å². The Morgan fingerprint density at radius 2 is 2.18 bits per heavy atom. The van der Waals surface area contributed by atoms with Crippen LogP contribution in [-0.4, -0.2) is 30.0 Å². The monoisotopic (exact) mass is 161 g/mol. The third-order valence-electron chi connectivity index (χ3n) is 1.57. The first-order chi connectivity index (χ1) is 5.02. The van der Waals surface area contributed by atoms with Crippen LogP contribution in [0.2, 0.25) is 0 Å². The van der Waals surface area contributed by atoms with E-state index in [-0.39, 0.29) is 12.7 Å². The van der Waals surface area contributed by atoms with E-state index in [1.807, 2.05) is 20.8 Å². The van der Waals surface area contributed by atoms with Crippen LogP contribution in [0.25, 0.3) is 0 Å². The van der Waals surface area contributed by atoms with Crippen molar-refractivity contribution in [1.29, 1.82) is 0 Å². The third kappa shape index (κ3) is 5.18. The Kier molecular flexibility index (Phi) is 4.65. The van der Waals surface area contributed by atoms with E-state index in [2.05, 4.69) is 0 Å². The van der Waals surface area contributed by atoms with Gasteiger partial charge in [0, 0.05) is 12.1 Å². The van der Waals surface area contributed by atoms with Gasteiger partial charge in [0.2, 0.25) is 0 Å². The largest absolute Gasteiger partial charge is 0.394 e. The van der Waals surface area contributed by atoms with Gasteiger partial charge in [0.25, 0.3) is 0 Å². The Morgan fingerprint density at radius 3 is 2.55 bits per heavy atom. The van der Waals surface area contributed by atoms with Crippen LogP contribution < -0.4 is 5.73 Å². The summed E-state index contributed by atoms with van der Waals surface area (Å²) in [5, 5.41) is 8.83. The highest BCUT2D eigenvalue weighted by Gasteiger charge is 2.20. The van der Waals surface area contributed by atoms with Gasteiger partial charge in [0.05, 0.1) is 12.7 Å². The molecule has 0 saturated heterocycles. The van der Waals surface area contributed by atoms with Gasteiger partial charge in [0.15, 0.2) is 0 Å². The molecule has 68 valence electrons. The normalized spacial score (nSPS) is 19.4. The highest BCUT2D eigenvalue weighted by atomic mass is 16.5. The number of rotatable bonds is 5. The van der Waals surface area contributed by atoms with Crippen LogP contribution in [0.3, 0.4) is 0 Å². The molecule has 0 aromatic carbocycles. The second kappa shape index (κ2) is 4.70. The van der Waals surface area contributed by atoms with Gasteiger partial charge in [-0.15, -0.1) is 0 Å². The molecule has 3 nitrogen and oxygen atoms in total. The fraction of sp³-hybridized carbons (Fsp3) is 1.00. The lowest BCUT2D eigenvalue weighted by molar-refractivity contribution is 0.0443. The van der Waals surface area contributed by atoms with E-state index in [0.29, 0.717) is 13.0 Å². The van der Waals surface area contributed by atoms with Crippen LogP contribution in [0.15, 0.2) is 0 Å². The fourth-order valence-electron chi connectivity index (χ4n) is 1.06. The van der Waals surface area contributed by atoms with Crippen molar-refractivity contribution < 1.29 is 9.84 Å². The Balaban J connectivity index is 3.64. The molecule has 3 N–H and O–H groups in total. The molecule has 2 atom stereocenters. The molecule has 0 heterocycles. The molecule has 3 heteroatoms. The molecule has 11 heavy (non-hydrogen) atoms. The van der Waals surface area contributed by atoms with Crippen LogP contribution >= 0.6 is 0 Å². The SMILES string of the molecule is CCOC(C)CC(C)(N)CO. The Bertz CT molecular complexity index is 104. The summed E-state index contributed by atoms with van der Waals surface area (Å²) >= 11 is 0. The summed E-state index contributed by atoms with van der Waals surface area (Å²) in [7, 11) is 0. The maximum atomic E-state index is 8.83. The van der Waals surface area contributed by atoms with E-state index >= 15 is 0 Å². The van der Waals surface area contributed by atoms with Gasteiger partial charge in [0.1, 0.15) is 0 Å². The molecule has 0 aromatic heterocycles. The maximum Gasteiger partial charge on any atom is 0.0609 e. The van der Waals surface area contributed by atoms with E-state index in [9.17, 15) is 0 Å². The number of hydrogen-bond donors (Lipinski definition) is 2. The summed E-state index contributed by atoms with van der Waals surface area (Å²) in [6.45, 7) is 6.43. The van der Waals surface area contributed by atoms with Crippen molar-refractivity contribution in [1.82, 2.24) is 0 Å². The molecular formula is C8H19NO2. The molecular weight excluding hydrogens is 142 g/mol. The number of aliphatic hydroxyl groups excluding tert-OH is 1. The number of ether oxygens (including phenoxy) is 1. The van der Waals surface area contributed by atoms with Crippen LogP contribution in [0.4, 0.5) is 0 Å². The van der Waals surface area contributed by atoms with E-state index in [1.165, 1.54) is 0 Å². The second-order valence-electron chi connectivity index (χ2n) is 3.28. The zero-order chi connectivity index (χ0) is 8.91. The second-order valence-corrected chi connectivity index (χ2v) is 3.28. The minimum Gasteiger partial charge on any atom is -0.394 e.